The molecule has 7 rings (SSSR count). The number of rotatable bonds is 6. The summed E-state index contributed by atoms with van der Waals surface area (Å²) >= 11 is 0. The molecule has 0 saturated carbocycles. The number of benzene rings is 4. The SMILES string of the molecule is CC(C)c1ccnc(-n2c3ccccc3c3ccc(C(C)(C)c4cccc(N5ON(C(C)C)c6ccccc65)c4)cc32)c1. The normalized spacial score (nSPS) is 13.6. The van der Waals surface area contributed by atoms with Gasteiger partial charge in [-0.3, -0.25) is 4.57 Å². The number of nitrogens with zero attached hydrogens (tertiary/aromatic N) is 4. The minimum absolute atomic E-state index is 0.208. The number of hydroxylamine groups is 1. The lowest BCUT2D eigenvalue weighted by Gasteiger charge is -2.28. The molecule has 216 valence electrons. The third kappa shape index (κ3) is 4.47. The summed E-state index contributed by atoms with van der Waals surface area (Å²) in [6, 6.07) is 37.2. The van der Waals surface area contributed by atoms with Crippen molar-refractivity contribution in [3.63, 3.8) is 0 Å². The van der Waals surface area contributed by atoms with Gasteiger partial charge in [-0.05, 0) is 85.0 Å². The fourth-order valence-corrected chi connectivity index (χ4v) is 6.27. The van der Waals surface area contributed by atoms with Gasteiger partial charge >= 0.3 is 0 Å². The molecule has 0 atom stereocenters. The summed E-state index contributed by atoms with van der Waals surface area (Å²) in [5, 5.41) is 6.39. The highest BCUT2D eigenvalue weighted by atomic mass is 16.8. The van der Waals surface area contributed by atoms with E-state index < -0.39 is 0 Å². The van der Waals surface area contributed by atoms with Crippen LogP contribution in [0.15, 0.2) is 109 Å². The highest BCUT2D eigenvalue weighted by Gasteiger charge is 2.32. The molecule has 5 heteroatoms. The standard InChI is InChI=1S/C38H38N4O/c1-25(2)27-20-21-39-37(22-27)40-33-15-8-7-14-31(33)32-19-18-29(24-36(32)40)38(5,6)28-12-11-13-30(23-28)42-35-17-10-9-16-34(35)41(43-42)26(3)4/h7-26H,1-6H3. The molecule has 0 bridgehead atoms. The predicted molar refractivity (Wildman–Crippen MR) is 179 cm³/mol. The first-order chi connectivity index (χ1) is 20.7. The van der Waals surface area contributed by atoms with Crippen molar-refractivity contribution in [3.05, 3.63) is 126 Å². The quantitative estimate of drug-likeness (QED) is 0.201. The van der Waals surface area contributed by atoms with Crippen LogP contribution in [-0.2, 0) is 10.4 Å². The summed E-state index contributed by atoms with van der Waals surface area (Å²) in [7, 11) is 0. The zero-order chi connectivity index (χ0) is 29.9. The van der Waals surface area contributed by atoms with Crippen LogP contribution in [0, 0.1) is 0 Å². The van der Waals surface area contributed by atoms with Crippen molar-refractivity contribution in [1.29, 1.82) is 0 Å². The number of para-hydroxylation sites is 3. The van der Waals surface area contributed by atoms with Gasteiger partial charge < -0.3 is 0 Å². The lowest BCUT2D eigenvalue weighted by molar-refractivity contribution is 0.112. The van der Waals surface area contributed by atoms with Gasteiger partial charge in [0.25, 0.3) is 0 Å². The zero-order valence-corrected chi connectivity index (χ0v) is 25.7. The van der Waals surface area contributed by atoms with Crippen molar-refractivity contribution in [2.75, 3.05) is 10.1 Å². The molecule has 6 aromatic rings. The van der Waals surface area contributed by atoms with E-state index in [0.29, 0.717) is 5.92 Å². The molecular formula is C38H38N4O. The fraction of sp³-hybridized carbons (Fsp3) is 0.237. The predicted octanol–water partition coefficient (Wildman–Crippen LogP) is 9.84. The van der Waals surface area contributed by atoms with Gasteiger partial charge in [0.1, 0.15) is 5.82 Å². The van der Waals surface area contributed by atoms with Crippen molar-refractivity contribution in [3.8, 4) is 5.82 Å². The van der Waals surface area contributed by atoms with E-state index in [0.717, 1.165) is 22.9 Å². The van der Waals surface area contributed by atoms with Gasteiger partial charge in [-0.2, -0.15) is 5.06 Å². The second-order valence-corrected chi connectivity index (χ2v) is 12.6. The summed E-state index contributed by atoms with van der Waals surface area (Å²) in [6.07, 6.45) is 1.93. The number of anilines is 3. The monoisotopic (exact) mass is 566 g/mol. The van der Waals surface area contributed by atoms with Gasteiger partial charge in [-0.25, -0.2) is 10.0 Å². The van der Waals surface area contributed by atoms with Crippen LogP contribution in [0.1, 0.15) is 64.2 Å². The van der Waals surface area contributed by atoms with E-state index in [-0.39, 0.29) is 11.5 Å². The van der Waals surface area contributed by atoms with E-state index in [1.165, 1.54) is 38.5 Å². The molecule has 5 nitrogen and oxygen atoms in total. The van der Waals surface area contributed by atoms with Crippen LogP contribution in [0.5, 0.6) is 0 Å². The fourth-order valence-electron chi connectivity index (χ4n) is 6.27. The second-order valence-electron chi connectivity index (χ2n) is 12.6. The number of hydrogen-bond acceptors (Lipinski definition) is 4. The Labute approximate surface area is 253 Å². The molecule has 0 saturated heterocycles. The molecule has 0 N–H and O–H groups in total. The Morgan fingerprint density at radius 3 is 2.19 bits per heavy atom. The maximum absolute atomic E-state index is 6.39. The molecule has 0 fully saturated rings. The maximum Gasteiger partial charge on any atom is 0.137 e. The average molecular weight is 567 g/mol. The Balaban J connectivity index is 1.34. The van der Waals surface area contributed by atoms with Crippen molar-refractivity contribution in [2.24, 2.45) is 0 Å². The molecule has 1 aliphatic heterocycles. The van der Waals surface area contributed by atoms with E-state index in [9.17, 15) is 0 Å². The lowest BCUT2D eigenvalue weighted by Crippen LogP contribution is -2.31. The van der Waals surface area contributed by atoms with Gasteiger partial charge in [-0.15, -0.1) is 4.94 Å². The highest BCUT2D eigenvalue weighted by molar-refractivity contribution is 6.09. The van der Waals surface area contributed by atoms with Crippen LogP contribution < -0.4 is 10.1 Å². The largest absolute Gasteiger partial charge is 0.294 e. The van der Waals surface area contributed by atoms with Gasteiger partial charge in [-0.1, -0.05) is 82.3 Å². The van der Waals surface area contributed by atoms with Crippen molar-refractivity contribution in [2.45, 2.75) is 58.9 Å². The van der Waals surface area contributed by atoms with Gasteiger partial charge in [0.2, 0.25) is 0 Å². The smallest absolute Gasteiger partial charge is 0.137 e. The molecule has 0 radical (unpaired) electrons. The highest BCUT2D eigenvalue weighted by Crippen LogP contribution is 2.44. The number of fused-ring (bicyclic) bond motifs is 4. The minimum atomic E-state index is -0.268. The molecule has 43 heavy (non-hydrogen) atoms. The summed E-state index contributed by atoms with van der Waals surface area (Å²) in [5.41, 5.74) is 8.95. The molecule has 0 spiro atoms. The first kappa shape index (κ1) is 27.2. The molecule has 0 aliphatic carbocycles. The Bertz CT molecular complexity index is 1970. The molecule has 1 aliphatic rings. The molecular weight excluding hydrogens is 528 g/mol. The van der Waals surface area contributed by atoms with Crippen LogP contribution in [-0.4, -0.2) is 15.6 Å². The van der Waals surface area contributed by atoms with E-state index in [4.69, 9.17) is 9.92 Å². The van der Waals surface area contributed by atoms with Crippen molar-refractivity contribution < 1.29 is 4.94 Å². The third-order valence-electron chi connectivity index (χ3n) is 8.84. The zero-order valence-electron chi connectivity index (χ0n) is 25.7. The Hall–Kier alpha value is -4.61. The topological polar surface area (TPSA) is 33.5 Å². The summed E-state index contributed by atoms with van der Waals surface area (Å²) < 4.78 is 2.32. The Morgan fingerprint density at radius 2 is 1.40 bits per heavy atom. The van der Waals surface area contributed by atoms with Crippen LogP contribution in [0.25, 0.3) is 27.6 Å². The number of pyridine rings is 1. The first-order valence-electron chi connectivity index (χ1n) is 15.2. The van der Waals surface area contributed by atoms with Crippen molar-refractivity contribution >= 4 is 38.9 Å². The first-order valence-corrected chi connectivity index (χ1v) is 15.2. The molecule has 0 unspecified atom stereocenters. The Morgan fingerprint density at radius 1 is 0.674 bits per heavy atom. The van der Waals surface area contributed by atoms with Crippen LogP contribution in [0.4, 0.5) is 17.1 Å². The molecule has 3 heterocycles. The lowest BCUT2D eigenvalue weighted by atomic mass is 9.77. The molecule has 4 aromatic carbocycles. The average Bonchev–Trinajstić information content (AvgIpc) is 3.57. The third-order valence-corrected chi connectivity index (χ3v) is 8.84. The molecule has 0 amide bonds. The molecule has 2 aromatic heterocycles. The maximum atomic E-state index is 6.39. The number of aromatic nitrogens is 2. The van der Waals surface area contributed by atoms with Crippen LogP contribution in [0.3, 0.4) is 0 Å². The summed E-state index contributed by atoms with van der Waals surface area (Å²) in [5.74, 6) is 1.38. The minimum Gasteiger partial charge on any atom is -0.294 e. The van der Waals surface area contributed by atoms with Crippen molar-refractivity contribution in [1.82, 2.24) is 9.55 Å². The number of hydrogen-bond donors (Lipinski definition) is 0. The van der Waals surface area contributed by atoms with E-state index in [1.807, 2.05) is 16.3 Å². The van der Waals surface area contributed by atoms with E-state index in [1.54, 1.807) is 0 Å². The van der Waals surface area contributed by atoms with E-state index >= 15 is 0 Å². The van der Waals surface area contributed by atoms with Gasteiger partial charge in [0.05, 0.1) is 34.1 Å². The van der Waals surface area contributed by atoms with E-state index in [2.05, 4.69) is 149 Å². The summed E-state index contributed by atoms with van der Waals surface area (Å²) in [4.78, 5) is 11.2. The van der Waals surface area contributed by atoms with Crippen LogP contribution in [0.2, 0.25) is 0 Å². The second kappa shape index (κ2) is 10.3. The Kier molecular flexibility index (Phi) is 6.51. The van der Waals surface area contributed by atoms with Gasteiger partial charge in [0.15, 0.2) is 0 Å². The van der Waals surface area contributed by atoms with Gasteiger partial charge in [0, 0.05) is 22.4 Å². The summed E-state index contributed by atoms with van der Waals surface area (Å²) in [6.45, 7) is 13.3. The van der Waals surface area contributed by atoms with Crippen LogP contribution >= 0.6 is 0 Å².